The molecule has 1 atom stereocenters. The van der Waals surface area contributed by atoms with Gasteiger partial charge in [-0.3, -0.25) is 0 Å². The molecule has 0 aromatic carbocycles. The van der Waals surface area contributed by atoms with Crippen LogP contribution < -0.4 is 10.5 Å². The van der Waals surface area contributed by atoms with Crippen LogP contribution in [-0.4, -0.2) is 38.4 Å². The Kier molecular flexibility index (Phi) is 5.58. The van der Waals surface area contributed by atoms with E-state index in [1.54, 1.807) is 4.31 Å². The summed E-state index contributed by atoms with van der Waals surface area (Å²) in [6, 6.07) is -0.0408. The number of nitrogens with two attached hydrogens (primary N) is 1. The first kappa shape index (κ1) is 15.9. The number of hydrogen-bond donors (Lipinski definition) is 2. The van der Waals surface area contributed by atoms with Crippen LogP contribution in [-0.2, 0) is 10.2 Å². The van der Waals surface area contributed by atoms with Crippen molar-refractivity contribution in [1.29, 1.82) is 0 Å². The van der Waals surface area contributed by atoms with E-state index in [2.05, 4.69) is 25.5 Å². The highest BCUT2D eigenvalue weighted by Gasteiger charge is 2.32. The van der Waals surface area contributed by atoms with Gasteiger partial charge in [-0.25, -0.2) is 4.72 Å². The molecule has 1 unspecified atom stereocenters. The van der Waals surface area contributed by atoms with Crippen molar-refractivity contribution in [2.24, 2.45) is 11.1 Å². The summed E-state index contributed by atoms with van der Waals surface area (Å²) in [5, 5.41) is 0. The molecule has 1 rings (SSSR count). The van der Waals surface area contributed by atoms with Crippen LogP contribution >= 0.6 is 0 Å². The first-order valence-electron chi connectivity index (χ1n) is 6.79. The van der Waals surface area contributed by atoms with Crippen LogP contribution in [0.5, 0.6) is 0 Å². The largest absolute Gasteiger partial charge is 0.329 e. The molecule has 0 aromatic rings. The molecule has 18 heavy (non-hydrogen) atoms. The molecule has 1 heterocycles. The minimum Gasteiger partial charge on any atom is -0.329 e. The molecule has 0 amide bonds. The Labute approximate surface area is 111 Å². The predicted octanol–water partition coefficient (Wildman–Crippen LogP) is 1.07. The topological polar surface area (TPSA) is 75.4 Å². The van der Waals surface area contributed by atoms with Crippen LogP contribution in [0.2, 0.25) is 0 Å². The van der Waals surface area contributed by atoms with E-state index in [0.717, 1.165) is 25.7 Å². The summed E-state index contributed by atoms with van der Waals surface area (Å²) in [4.78, 5) is 0. The third-order valence-electron chi connectivity index (χ3n) is 3.84. The summed E-state index contributed by atoms with van der Waals surface area (Å²) in [5.41, 5.74) is 5.65. The van der Waals surface area contributed by atoms with Crippen LogP contribution in [0.25, 0.3) is 0 Å². The van der Waals surface area contributed by atoms with Gasteiger partial charge in [-0.2, -0.15) is 12.7 Å². The van der Waals surface area contributed by atoms with E-state index in [1.807, 2.05) is 0 Å². The molecular formula is C12H27N3O2S. The molecular weight excluding hydrogens is 250 g/mol. The maximum atomic E-state index is 12.3. The smallest absolute Gasteiger partial charge is 0.279 e. The lowest BCUT2D eigenvalue weighted by atomic mass is 9.91. The van der Waals surface area contributed by atoms with Crippen LogP contribution in [0, 0.1) is 5.41 Å². The molecule has 0 aromatic heterocycles. The van der Waals surface area contributed by atoms with Crippen LogP contribution in [0.3, 0.4) is 0 Å². The molecule has 6 heteroatoms. The van der Waals surface area contributed by atoms with Crippen LogP contribution in [0.1, 0.15) is 46.5 Å². The maximum Gasteiger partial charge on any atom is 0.279 e. The number of nitrogens with one attached hydrogen (secondary N) is 1. The van der Waals surface area contributed by atoms with Crippen LogP contribution in [0.4, 0.5) is 0 Å². The normalized spacial score (nSPS) is 23.2. The Bertz CT molecular complexity index is 354. The standard InChI is InChI=1S/C12H27N3O2S/c1-4-12(2,3)10-14-18(16,17)15-8-6-5-7-11(15)9-13/h11,14H,4-10,13H2,1-3H3. The van der Waals surface area contributed by atoms with Crippen molar-refractivity contribution in [3.63, 3.8) is 0 Å². The minimum atomic E-state index is -3.38. The molecule has 108 valence electrons. The van der Waals surface area contributed by atoms with Crippen molar-refractivity contribution < 1.29 is 8.42 Å². The monoisotopic (exact) mass is 277 g/mol. The highest BCUT2D eigenvalue weighted by atomic mass is 32.2. The Morgan fingerprint density at radius 3 is 2.61 bits per heavy atom. The Balaban J connectivity index is 2.67. The fourth-order valence-corrected chi connectivity index (χ4v) is 3.71. The van der Waals surface area contributed by atoms with E-state index >= 15 is 0 Å². The Hall–Kier alpha value is -0.170. The van der Waals surface area contributed by atoms with E-state index in [9.17, 15) is 8.42 Å². The maximum absolute atomic E-state index is 12.3. The summed E-state index contributed by atoms with van der Waals surface area (Å²) in [6.07, 6.45) is 3.80. The number of rotatable bonds is 6. The molecule has 0 bridgehead atoms. The van der Waals surface area contributed by atoms with E-state index in [1.165, 1.54) is 0 Å². The average molecular weight is 277 g/mol. The zero-order valence-corrected chi connectivity index (χ0v) is 12.6. The lowest BCUT2D eigenvalue weighted by Gasteiger charge is -2.35. The molecule has 0 spiro atoms. The van der Waals surface area contributed by atoms with Crippen molar-refractivity contribution >= 4 is 10.2 Å². The van der Waals surface area contributed by atoms with E-state index in [-0.39, 0.29) is 11.5 Å². The Morgan fingerprint density at radius 1 is 1.39 bits per heavy atom. The molecule has 1 fully saturated rings. The summed E-state index contributed by atoms with van der Waals surface area (Å²) < 4.78 is 28.8. The second kappa shape index (κ2) is 6.32. The van der Waals surface area contributed by atoms with Crippen molar-refractivity contribution in [1.82, 2.24) is 9.03 Å². The van der Waals surface area contributed by atoms with Gasteiger partial charge < -0.3 is 5.73 Å². The van der Waals surface area contributed by atoms with Gasteiger partial charge in [0, 0.05) is 25.7 Å². The zero-order chi connectivity index (χ0) is 13.8. The van der Waals surface area contributed by atoms with Gasteiger partial charge in [-0.1, -0.05) is 27.2 Å². The van der Waals surface area contributed by atoms with Gasteiger partial charge >= 0.3 is 0 Å². The quantitative estimate of drug-likeness (QED) is 0.762. The van der Waals surface area contributed by atoms with Gasteiger partial charge in [-0.15, -0.1) is 0 Å². The molecule has 0 radical (unpaired) electrons. The third-order valence-corrected chi connectivity index (χ3v) is 5.45. The average Bonchev–Trinajstić information content (AvgIpc) is 2.37. The second-order valence-corrected chi connectivity index (χ2v) is 7.55. The molecule has 1 saturated heterocycles. The highest BCUT2D eigenvalue weighted by Crippen LogP contribution is 2.21. The second-order valence-electron chi connectivity index (χ2n) is 5.84. The fourth-order valence-electron chi connectivity index (χ4n) is 2.02. The lowest BCUT2D eigenvalue weighted by molar-refractivity contribution is 0.250. The SMILES string of the molecule is CCC(C)(C)CNS(=O)(=O)N1CCCCC1CN. The zero-order valence-electron chi connectivity index (χ0n) is 11.8. The minimum absolute atomic E-state index is 0.0128. The van der Waals surface area contributed by atoms with Crippen molar-refractivity contribution in [3.8, 4) is 0 Å². The lowest BCUT2D eigenvalue weighted by Crippen LogP contribution is -2.52. The first-order chi connectivity index (χ1) is 8.32. The van der Waals surface area contributed by atoms with Gasteiger partial charge in [0.05, 0.1) is 0 Å². The van der Waals surface area contributed by atoms with Gasteiger partial charge in [0.15, 0.2) is 0 Å². The molecule has 3 N–H and O–H groups in total. The van der Waals surface area contributed by atoms with Crippen molar-refractivity contribution in [2.75, 3.05) is 19.6 Å². The molecule has 1 aliphatic rings. The molecule has 5 nitrogen and oxygen atoms in total. The number of nitrogens with zero attached hydrogens (tertiary/aromatic N) is 1. The predicted molar refractivity (Wildman–Crippen MR) is 74.4 cm³/mol. The van der Waals surface area contributed by atoms with E-state index < -0.39 is 10.2 Å². The highest BCUT2D eigenvalue weighted by molar-refractivity contribution is 7.87. The van der Waals surface area contributed by atoms with E-state index in [4.69, 9.17) is 5.73 Å². The molecule has 0 saturated carbocycles. The summed E-state index contributed by atoms with van der Waals surface area (Å²) in [6.45, 7) is 7.65. The third kappa shape index (κ3) is 4.19. The van der Waals surface area contributed by atoms with Gasteiger partial charge in [-0.05, 0) is 24.7 Å². The number of piperidine rings is 1. The molecule has 1 aliphatic heterocycles. The van der Waals surface area contributed by atoms with Gasteiger partial charge in [0.2, 0.25) is 0 Å². The summed E-state index contributed by atoms with van der Waals surface area (Å²) in [5.74, 6) is 0. The number of hydrogen-bond acceptors (Lipinski definition) is 3. The van der Waals surface area contributed by atoms with Crippen LogP contribution in [0.15, 0.2) is 0 Å². The summed E-state index contributed by atoms with van der Waals surface area (Å²) >= 11 is 0. The van der Waals surface area contributed by atoms with E-state index in [0.29, 0.717) is 19.6 Å². The first-order valence-corrected chi connectivity index (χ1v) is 8.23. The summed E-state index contributed by atoms with van der Waals surface area (Å²) in [7, 11) is -3.38. The fraction of sp³-hybridized carbons (Fsp3) is 1.00. The van der Waals surface area contributed by atoms with Gasteiger partial charge in [0.1, 0.15) is 0 Å². The van der Waals surface area contributed by atoms with Crippen molar-refractivity contribution in [2.45, 2.75) is 52.5 Å². The molecule has 0 aliphatic carbocycles. The van der Waals surface area contributed by atoms with Gasteiger partial charge in [0.25, 0.3) is 10.2 Å². The van der Waals surface area contributed by atoms with Crippen molar-refractivity contribution in [3.05, 3.63) is 0 Å². The Morgan fingerprint density at radius 2 is 2.06 bits per heavy atom.